The third-order valence-corrected chi connectivity index (χ3v) is 3.33. The summed E-state index contributed by atoms with van der Waals surface area (Å²) < 4.78 is 4.61. The van der Waals surface area contributed by atoms with Gasteiger partial charge in [-0.15, -0.1) is 0 Å². The second-order valence-corrected chi connectivity index (χ2v) is 6.23. The highest BCUT2D eigenvalue weighted by molar-refractivity contribution is 6.29. The van der Waals surface area contributed by atoms with Crippen LogP contribution in [-0.2, 0) is 14.3 Å². The predicted molar refractivity (Wildman–Crippen MR) is 91.1 cm³/mol. The van der Waals surface area contributed by atoms with E-state index >= 15 is 0 Å². The number of hydrogen-bond donors (Lipinski definition) is 2. The molecule has 0 saturated carbocycles. The Morgan fingerprint density at radius 1 is 1.21 bits per heavy atom. The molecule has 1 rings (SSSR count). The number of rotatable bonds is 7. The molecule has 1 unspecified atom stereocenters. The molecule has 1 aromatic heterocycles. The van der Waals surface area contributed by atoms with Crippen LogP contribution in [0.15, 0.2) is 12.3 Å². The smallest absolute Gasteiger partial charge is 0.336 e. The first kappa shape index (κ1) is 19.9. The molecule has 1 amide bonds. The van der Waals surface area contributed by atoms with Crippen LogP contribution in [0.1, 0.15) is 38.1 Å². The Labute approximate surface area is 146 Å². The van der Waals surface area contributed by atoms with Crippen molar-refractivity contribution in [2.45, 2.75) is 39.8 Å². The van der Waals surface area contributed by atoms with Gasteiger partial charge in [0.05, 0.1) is 18.4 Å². The average Bonchev–Trinajstić information content (AvgIpc) is 2.50. The predicted octanol–water partition coefficient (Wildman–Crippen LogP) is 2.05. The summed E-state index contributed by atoms with van der Waals surface area (Å²) in [5.41, 5.74) is 0.640. The van der Waals surface area contributed by atoms with Crippen molar-refractivity contribution in [3.63, 3.8) is 0 Å². The Morgan fingerprint density at radius 2 is 1.83 bits per heavy atom. The zero-order valence-corrected chi connectivity index (χ0v) is 15.1. The largest absolute Gasteiger partial charge is 0.467 e. The van der Waals surface area contributed by atoms with Crippen molar-refractivity contribution in [2.75, 3.05) is 12.4 Å². The summed E-state index contributed by atoms with van der Waals surface area (Å²) in [6.45, 7) is 7.07. The average molecular weight is 356 g/mol. The van der Waals surface area contributed by atoms with Gasteiger partial charge >= 0.3 is 5.97 Å². The summed E-state index contributed by atoms with van der Waals surface area (Å²) in [5.74, 6) is -2.31. The normalized spacial score (nSPS) is 12.0. The van der Waals surface area contributed by atoms with E-state index in [2.05, 4.69) is 20.4 Å². The van der Waals surface area contributed by atoms with Crippen molar-refractivity contribution in [3.8, 4) is 0 Å². The second kappa shape index (κ2) is 8.63. The van der Waals surface area contributed by atoms with Crippen LogP contribution in [0.3, 0.4) is 0 Å². The fourth-order valence-electron chi connectivity index (χ4n) is 1.95. The zero-order valence-electron chi connectivity index (χ0n) is 14.3. The molecule has 0 bridgehead atoms. The Morgan fingerprint density at radius 3 is 2.33 bits per heavy atom. The van der Waals surface area contributed by atoms with Crippen molar-refractivity contribution < 1.29 is 19.1 Å². The number of ether oxygens (including phenoxy) is 1. The highest BCUT2D eigenvalue weighted by atomic mass is 35.5. The van der Waals surface area contributed by atoms with E-state index in [0.29, 0.717) is 5.69 Å². The highest BCUT2D eigenvalue weighted by Gasteiger charge is 2.31. The number of esters is 1. The van der Waals surface area contributed by atoms with E-state index in [1.807, 2.05) is 13.8 Å². The van der Waals surface area contributed by atoms with Crippen LogP contribution in [0.25, 0.3) is 0 Å². The van der Waals surface area contributed by atoms with Crippen molar-refractivity contribution in [1.29, 1.82) is 0 Å². The van der Waals surface area contributed by atoms with Gasteiger partial charge < -0.3 is 15.4 Å². The summed E-state index contributed by atoms with van der Waals surface area (Å²) in [7, 11) is 1.16. The summed E-state index contributed by atoms with van der Waals surface area (Å²) >= 11 is 5.86. The van der Waals surface area contributed by atoms with E-state index in [4.69, 9.17) is 11.6 Å². The third kappa shape index (κ3) is 5.19. The monoisotopic (exact) mass is 355 g/mol. The molecule has 0 radical (unpaired) electrons. The topological polar surface area (TPSA) is 97.4 Å². The Hall–Kier alpha value is -2.15. The molecule has 132 valence electrons. The fourth-order valence-corrected chi connectivity index (χ4v) is 2.11. The lowest BCUT2D eigenvalue weighted by atomic mass is 10.0. The fraction of sp³-hybridized carbons (Fsp3) is 0.500. The molecule has 1 atom stereocenters. The van der Waals surface area contributed by atoms with E-state index in [0.717, 1.165) is 7.11 Å². The molecule has 0 aliphatic carbocycles. The number of Topliss-reactive ketones (excluding diaryl/α,β-unsaturated/α-hetero) is 1. The number of nitrogens with zero attached hydrogens (tertiary/aromatic N) is 1. The standard InChI is InChI=1S/C16H22ClN3O4/c1-8(2)14(21)13(16(23)24-5)20-15(22)10-7-18-12(17)6-11(10)19-9(3)4/h6-9,13H,1-5H3,(H,18,19)(H,20,22). The molecule has 0 spiro atoms. The van der Waals surface area contributed by atoms with Crippen LogP contribution in [0, 0.1) is 5.92 Å². The van der Waals surface area contributed by atoms with Gasteiger partial charge in [-0.1, -0.05) is 25.4 Å². The van der Waals surface area contributed by atoms with Crippen LogP contribution in [0.2, 0.25) is 5.15 Å². The Balaban J connectivity index is 3.11. The number of carbonyl (C=O) groups is 3. The number of aromatic nitrogens is 1. The number of amides is 1. The summed E-state index contributed by atoms with van der Waals surface area (Å²) in [4.78, 5) is 40.4. The first-order valence-corrected chi connectivity index (χ1v) is 7.89. The molecule has 1 aromatic rings. The second-order valence-electron chi connectivity index (χ2n) is 5.84. The van der Waals surface area contributed by atoms with Crippen molar-refractivity contribution in [3.05, 3.63) is 23.0 Å². The number of anilines is 1. The lowest BCUT2D eigenvalue weighted by Crippen LogP contribution is -2.48. The molecule has 0 aliphatic rings. The SMILES string of the molecule is COC(=O)C(NC(=O)c1cnc(Cl)cc1NC(C)C)C(=O)C(C)C. The highest BCUT2D eigenvalue weighted by Crippen LogP contribution is 2.20. The van der Waals surface area contributed by atoms with Gasteiger partial charge in [0.1, 0.15) is 5.15 Å². The molecule has 0 aromatic carbocycles. The van der Waals surface area contributed by atoms with E-state index in [9.17, 15) is 14.4 Å². The molecular weight excluding hydrogens is 334 g/mol. The molecule has 7 nitrogen and oxygen atoms in total. The number of methoxy groups -OCH3 is 1. The van der Waals surface area contributed by atoms with Crippen molar-refractivity contribution >= 4 is 34.9 Å². The van der Waals surface area contributed by atoms with Crippen LogP contribution in [-0.4, -0.2) is 41.8 Å². The lowest BCUT2D eigenvalue weighted by Gasteiger charge is -2.19. The maximum Gasteiger partial charge on any atom is 0.336 e. The molecule has 24 heavy (non-hydrogen) atoms. The van der Waals surface area contributed by atoms with Gasteiger partial charge in [0.2, 0.25) is 0 Å². The van der Waals surface area contributed by atoms with Gasteiger partial charge in [0, 0.05) is 18.2 Å². The maximum absolute atomic E-state index is 12.5. The third-order valence-electron chi connectivity index (χ3n) is 3.13. The Bertz CT molecular complexity index is 632. The minimum atomic E-state index is -1.37. The first-order chi connectivity index (χ1) is 11.2. The molecular formula is C16H22ClN3O4. The number of pyridine rings is 1. The molecule has 2 N–H and O–H groups in total. The Kier molecular flexibility index (Phi) is 7.16. The molecule has 0 saturated heterocycles. The van der Waals surface area contributed by atoms with Crippen molar-refractivity contribution in [2.24, 2.45) is 5.92 Å². The van der Waals surface area contributed by atoms with Gasteiger partial charge in [-0.25, -0.2) is 9.78 Å². The number of ketones is 1. The van der Waals surface area contributed by atoms with E-state index in [1.54, 1.807) is 13.8 Å². The van der Waals surface area contributed by atoms with Gasteiger partial charge in [-0.05, 0) is 19.9 Å². The molecule has 1 heterocycles. The number of halogens is 1. The number of hydrogen-bond acceptors (Lipinski definition) is 6. The van der Waals surface area contributed by atoms with E-state index in [1.165, 1.54) is 12.3 Å². The minimum absolute atomic E-state index is 0.0451. The number of carbonyl (C=O) groups excluding carboxylic acids is 3. The first-order valence-electron chi connectivity index (χ1n) is 7.51. The van der Waals surface area contributed by atoms with E-state index < -0.39 is 29.6 Å². The van der Waals surface area contributed by atoms with Crippen LogP contribution >= 0.6 is 11.6 Å². The van der Waals surface area contributed by atoms with Crippen LogP contribution in [0.4, 0.5) is 5.69 Å². The lowest BCUT2D eigenvalue weighted by molar-refractivity contribution is -0.147. The molecule has 8 heteroatoms. The summed E-state index contributed by atoms with van der Waals surface area (Å²) in [6, 6.07) is 0.183. The van der Waals surface area contributed by atoms with Gasteiger partial charge in [-0.3, -0.25) is 9.59 Å². The summed E-state index contributed by atoms with van der Waals surface area (Å²) in [5, 5.41) is 5.71. The molecule has 0 fully saturated rings. The van der Waals surface area contributed by atoms with E-state index in [-0.39, 0.29) is 16.8 Å². The molecule has 0 aliphatic heterocycles. The van der Waals surface area contributed by atoms with Gasteiger partial charge in [-0.2, -0.15) is 0 Å². The summed E-state index contributed by atoms with van der Waals surface area (Å²) in [6.07, 6.45) is 1.29. The van der Waals surface area contributed by atoms with Crippen molar-refractivity contribution in [1.82, 2.24) is 10.3 Å². The quantitative estimate of drug-likeness (QED) is 0.441. The maximum atomic E-state index is 12.5. The van der Waals surface area contributed by atoms with Gasteiger partial charge in [0.25, 0.3) is 5.91 Å². The minimum Gasteiger partial charge on any atom is -0.467 e. The van der Waals surface area contributed by atoms with Crippen LogP contribution < -0.4 is 10.6 Å². The van der Waals surface area contributed by atoms with Crippen LogP contribution in [0.5, 0.6) is 0 Å². The van der Waals surface area contributed by atoms with Gasteiger partial charge in [0.15, 0.2) is 11.8 Å². The zero-order chi connectivity index (χ0) is 18.4. The number of nitrogens with one attached hydrogen (secondary N) is 2.